The molecule has 342 valence electrons. The van der Waals surface area contributed by atoms with E-state index in [1.54, 1.807) is 43.5 Å². The van der Waals surface area contributed by atoms with Crippen LogP contribution in [0.4, 0.5) is 0 Å². The molecule has 1 N–H and O–H groups in total. The van der Waals surface area contributed by atoms with E-state index in [4.69, 9.17) is 27.8 Å². The molecule has 9 nitrogen and oxygen atoms in total. The fourth-order valence-corrected chi connectivity index (χ4v) is 18.9. The molecule has 3 aromatic carbocycles. The average molecular weight is 907 g/mol. The first-order valence-corrected chi connectivity index (χ1v) is 28.8. The van der Waals surface area contributed by atoms with Gasteiger partial charge in [0.05, 0.1) is 34.6 Å². The van der Waals surface area contributed by atoms with Crippen LogP contribution in [0, 0.1) is 5.92 Å². The van der Waals surface area contributed by atoms with Gasteiger partial charge in [0.1, 0.15) is 0 Å². The van der Waals surface area contributed by atoms with Crippen LogP contribution < -0.4 is 10.4 Å². The predicted molar refractivity (Wildman–Crippen MR) is 254 cm³/mol. The highest BCUT2D eigenvalue weighted by Crippen LogP contribution is 2.40. The maximum absolute atomic E-state index is 14.6. The Bertz CT molecular complexity index is 1910. The van der Waals surface area contributed by atoms with Crippen LogP contribution in [0.15, 0.2) is 120 Å². The second kappa shape index (κ2) is 22.4. The van der Waals surface area contributed by atoms with Gasteiger partial charge in [-0.25, -0.2) is 8.42 Å². The number of ether oxygens (including phenoxy) is 4. The monoisotopic (exact) mass is 906 g/mol. The van der Waals surface area contributed by atoms with E-state index in [9.17, 15) is 13.5 Å². The molecule has 62 heavy (non-hydrogen) atoms. The van der Waals surface area contributed by atoms with Gasteiger partial charge in [0.2, 0.25) is 0 Å². The van der Waals surface area contributed by atoms with E-state index in [1.807, 2.05) is 19.1 Å². The van der Waals surface area contributed by atoms with Crippen LogP contribution in [0.1, 0.15) is 87.0 Å². The van der Waals surface area contributed by atoms with Crippen LogP contribution >= 0.6 is 0 Å². The summed E-state index contributed by atoms with van der Waals surface area (Å²) in [5, 5.41) is 13.4. The van der Waals surface area contributed by atoms with Crippen LogP contribution in [0.3, 0.4) is 0 Å². The Labute approximate surface area is 375 Å². The Hall–Kier alpha value is -2.76. The van der Waals surface area contributed by atoms with Crippen molar-refractivity contribution in [3.63, 3.8) is 0 Å². The van der Waals surface area contributed by atoms with Gasteiger partial charge < -0.3 is 32.9 Å². The number of sulfone groups is 1. The summed E-state index contributed by atoms with van der Waals surface area (Å²) in [5.41, 5.74) is 0. The van der Waals surface area contributed by atoms with Crippen molar-refractivity contribution in [3.05, 3.63) is 115 Å². The predicted octanol–water partition coefficient (Wildman–Crippen LogP) is 9.36. The number of benzene rings is 3. The maximum atomic E-state index is 14.6. The molecule has 2 unspecified atom stereocenters. The Kier molecular flexibility index (Phi) is 18.2. The molecule has 2 heterocycles. The molecule has 12 heteroatoms. The first-order chi connectivity index (χ1) is 29.6. The lowest BCUT2D eigenvalue weighted by atomic mass is 9.90. The van der Waals surface area contributed by atoms with Crippen LogP contribution in [0.2, 0.25) is 23.2 Å². The maximum Gasteiger partial charge on any atom is 0.261 e. The Morgan fingerprint density at radius 1 is 0.903 bits per heavy atom. The number of hydrogen-bond acceptors (Lipinski definition) is 9. The van der Waals surface area contributed by atoms with Crippen LogP contribution in [0.25, 0.3) is 0 Å². The third kappa shape index (κ3) is 11.7. The highest BCUT2D eigenvalue weighted by atomic mass is 32.2. The quantitative estimate of drug-likeness (QED) is 0.0566. The van der Waals surface area contributed by atoms with E-state index in [1.165, 1.54) is 17.5 Å². The minimum atomic E-state index is -4.07. The van der Waals surface area contributed by atoms with E-state index >= 15 is 0 Å². The first kappa shape index (κ1) is 50.2. The van der Waals surface area contributed by atoms with E-state index in [2.05, 4.69) is 108 Å². The van der Waals surface area contributed by atoms with Crippen LogP contribution in [-0.2, 0) is 37.6 Å². The number of allylic oxidation sites excluding steroid dienone is 1. The van der Waals surface area contributed by atoms with Gasteiger partial charge in [0, 0.05) is 33.7 Å². The summed E-state index contributed by atoms with van der Waals surface area (Å²) in [5.74, 6) is -1.87. The molecule has 0 bridgehead atoms. The minimum absolute atomic E-state index is 0.102. The standard InChI is InChI=1S/C50H74O9SSi2/c1-10-61(11-2,12-3)59-45-37-47(54-8)57-44(45)36-39(4)48(51)46(60(52,53)41-28-18-13-19-29-41)38-50(55-9)34-25-27-40(58-50)26-17-16-24-35-56-62(49(5,6)7,42-30-20-14-21-31-42)43-32-22-15-23-33-43/h13-15,17-23,25-26,28-34,39-40,44-48,51H,10-12,16,24,27,35-38H2,1-9H3/b26-17+/t39-,40+,44-,45-,46?,47+,48?,50+/m0/s1. The Morgan fingerprint density at radius 2 is 1.48 bits per heavy atom. The Morgan fingerprint density at radius 3 is 2.02 bits per heavy atom. The van der Waals surface area contributed by atoms with Crippen molar-refractivity contribution in [1.82, 2.24) is 0 Å². The molecule has 0 aromatic heterocycles. The zero-order valence-electron chi connectivity index (χ0n) is 38.7. The largest absolute Gasteiger partial charge is 0.411 e. The third-order valence-corrected chi connectivity index (χ3v) is 25.2. The van der Waals surface area contributed by atoms with Gasteiger partial charge in [0.25, 0.3) is 8.32 Å². The lowest BCUT2D eigenvalue weighted by Gasteiger charge is -2.43. The molecule has 2 aliphatic rings. The molecule has 2 aliphatic heterocycles. The molecule has 0 saturated carbocycles. The molecule has 1 saturated heterocycles. The van der Waals surface area contributed by atoms with Gasteiger partial charge in [-0.2, -0.15) is 0 Å². The normalized spacial score (nSPS) is 24.0. The number of hydrogen-bond donors (Lipinski definition) is 1. The smallest absolute Gasteiger partial charge is 0.261 e. The summed E-state index contributed by atoms with van der Waals surface area (Å²) in [7, 11) is -5.53. The van der Waals surface area contributed by atoms with Crippen molar-refractivity contribution in [2.24, 2.45) is 5.92 Å². The molecule has 0 aliphatic carbocycles. The number of aliphatic hydroxyl groups is 1. The van der Waals surface area contributed by atoms with E-state index < -0.39 is 55.8 Å². The van der Waals surface area contributed by atoms with E-state index in [-0.39, 0.29) is 34.7 Å². The van der Waals surface area contributed by atoms with E-state index in [0.29, 0.717) is 25.9 Å². The fourth-order valence-electron chi connectivity index (χ4n) is 9.43. The van der Waals surface area contributed by atoms with Gasteiger partial charge >= 0.3 is 0 Å². The first-order valence-electron chi connectivity index (χ1n) is 22.8. The summed E-state index contributed by atoms with van der Waals surface area (Å²) in [6, 6.07) is 32.7. The number of rotatable bonds is 23. The molecule has 3 aromatic rings. The number of methoxy groups -OCH3 is 2. The highest BCUT2D eigenvalue weighted by molar-refractivity contribution is 7.92. The van der Waals surface area contributed by atoms with Crippen molar-refractivity contribution in [1.29, 1.82) is 0 Å². The molecule has 5 rings (SSSR count). The van der Waals surface area contributed by atoms with Crippen molar-refractivity contribution in [2.45, 2.75) is 157 Å². The fraction of sp³-hybridized carbons (Fsp3) is 0.560. The molecule has 8 atom stereocenters. The van der Waals surface area contributed by atoms with Gasteiger partial charge in [0.15, 0.2) is 30.2 Å². The summed E-state index contributed by atoms with van der Waals surface area (Å²) >= 11 is 0. The van der Waals surface area contributed by atoms with Gasteiger partial charge in [-0.3, -0.25) is 0 Å². The average Bonchev–Trinajstić information content (AvgIpc) is 3.67. The van der Waals surface area contributed by atoms with Crippen molar-refractivity contribution in [2.75, 3.05) is 20.8 Å². The topological polar surface area (TPSA) is 110 Å². The van der Waals surface area contributed by atoms with Gasteiger partial charge in [-0.1, -0.05) is 146 Å². The molecule has 0 amide bonds. The lowest BCUT2D eigenvalue weighted by molar-refractivity contribution is -0.216. The second-order valence-corrected chi connectivity index (χ2v) is 29.4. The summed E-state index contributed by atoms with van der Waals surface area (Å²) in [6.07, 6.45) is 8.43. The van der Waals surface area contributed by atoms with E-state index in [0.717, 1.165) is 31.0 Å². The van der Waals surface area contributed by atoms with Crippen molar-refractivity contribution in [3.8, 4) is 0 Å². The summed E-state index contributed by atoms with van der Waals surface area (Å²) in [6.45, 7) is 15.9. The zero-order valence-corrected chi connectivity index (χ0v) is 41.5. The third-order valence-electron chi connectivity index (χ3n) is 13.3. The van der Waals surface area contributed by atoms with Gasteiger partial charge in [-0.15, -0.1) is 0 Å². The molecule has 0 radical (unpaired) electrons. The Balaban J connectivity index is 1.30. The van der Waals surface area contributed by atoms with Gasteiger partial charge in [-0.05, 0) is 83.4 Å². The minimum Gasteiger partial charge on any atom is -0.411 e. The number of aliphatic hydroxyl groups excluding tert-OH is 1. The van der Waals surface area contributed by atoms with Crippen molar-refractivity contribution < 1.29 is 41.3 Å². The molecular formula is C50H74O9SSi2. The van der Waals surface area contributed by atoms with Crippen LogP contribution in [-0.4, -0.2) is 92.7 Å². The summed E-state index contributed by atoms with van der Waals surface area (Å²) < 4.78 is 67.9. The lowest BCUT2D eigenvalue weighted by Crippen LogP contribution is -2.66. The number of unbranched alkanes of at least 4 members (excludes halogenated alkanes) is 1. The van der Waals surface area contributed by atoms with Crippen molar-refractivity contribution >= 4 is 36.8 Å². The summed E-state index contributed by atoms with van der Waals surface area (Å²) in [4.78, 5) is 0.140. The molecule has 0 spiro atoms. The molecule has 1 fully saturated rings. The molecular weight excluding hydrogens is 833 g/mol. The highest BCUT2D eigenvalue weighted by Gasteiger charge is 2.50. The zero-order chi connectivity index (χ0) is 45.0. The SMILES string of the molecule is CC[Si](CC)(CC)O[C@H]1C[C@H](OC)O[C@H]1C[C@H](C)C(O)C(C[C@@]1(OC)C=CC[C@@H](/C=C/CCCO[Si](c2ccccc2)(c2ccccc2)C(C)(C)C)O1)S(=O)(=O)c1ccccc1. The second-order valence-electron chi connectivity index (χ2n) is 18.2. The van der Waals surface area contributed by atoms with Crippen LogP contribution in [0.5, 0.6) is 0 Å².